The van der Waals surface area contributed by atoms with Crippen molar-refractivity contribution in [2.24, 2.45) is 0 Å². The maximum absolute atomic E-state index is 12.5. The van der Waals surface area contributed by atoms with E-state index in [-0.39, 0.29) is 11.8 Å². The molecule has 0 aliphatic heterocycles. The van der Waals surface area contributed by atoms with Crippen LogP contribution in [-0.4, -0.2) is 44.5 Å². The van der Waals surface area contributed by atoms with Gasteiger partial charge in [0.15, 0.2) is 11.5 Å². The molecule has 0 aliphatic rings. The number of nitrogens with zero attached hydrogens (tertiary/aromatic N) is 1. The van der Waals surface area contributed by atoms with Gasteiger partial charge in [-0.05, 0) is 42.3 Å². The molecule has 0 spiro atoms. The number of nitrogens with one attached hydrogen (secondary N) is 1. The molecule has 0 radical (unpaired) electrons. The van der Waals surface area contributed by atoms with Crippen LogP contribution < -0.4 is 14.8 Å². The number of ether oxygens (including phenoxy) is 2. The van der Waals surface area contributed by atoms with E-state index >= 15 is 0 Å². The smallest absolute Gasteiger partial charge is 0.253 e. The Morgan fingerprint density at radius 3 is 2.39 bits per heavy atom. The first-order chi connectivity index (χ1) is 13.5. The molecule has 0 saturated heterocycles. The molecule has 0 aromatic heterocycles. The molecular weight excluding hydrogens is 356 g/mol. The molecule has 0 fully saturated rings. The number of unbranched alkanes of at least 4 members (excludes halogenated alkanes) is 1. The summed E-state index contributed by atoms with van der Waals surface area (Å²) in [5, 5.41) is 2.87. The predicted molar refractivity (Wildman–Crippen MR) is 109 cm³/mol. The maximum atomic E-state index is 12.5. The van der Waals surface area contributed by atoms with Crippen LogP contribution in [0.4, 0.5) is 0 Å². The van der Waals surface area contributed by atoms with Gasteiger partial charge in [-0.15, -0.1) is 0 Å². The molecular formula is C22H28N2O4. The highest BCUT2D eigenvalue weighted by atomic mass is 16.5. The lowest BCUT2D eigenvalue weighted by atomic mass is 10.1. The number of carbonyl (C=O) groups is 2. The molecule has 2 amide bonds. The van der Waals surface area contributed by atoms with Gasteiger partial charge < -0.3 is 19.7 Å². The minimum Gasteiger partial charge on any atom is -0.493 e. The van der Waals surface area contributed by atoms with Crippen LogP contribution in [0.1, 0.15) is 46.0 Å². The maximum Gasteiger partial charge on any atom is 0.253 e. The molecule has 1 N–H and O–H groups in total. The number of benzene rings is 2. The fourth-order valence-corrected chi connectivity index (χ4v) is 2.79. The van der Waals surface area contributed by atoms with Gasteiger partial charge in [-0.25, -0.2) is 0 Å². The SMILES string of the molecule is CCCCN(C)C(=O)c1cccc(C(=O)NCc2ccc(OC)c(OC)c2)c1. The molecule has 6 heteroatoms. The quantitative estimate of drug-likeness (QED) is 0.718. The summed E-state index contributed by atoms with van der Waals surface area (Å²) >= 11 is 0. The van der Waals surface area contributed by atoms with Crippen LogP contribution in [0.2, 0.25) is 0 Å². The van der Waals surface area contributed by atoms with Crippen LogP contribution in [-0.2, 0) is 6.54 Å². The normalized spacial score (nSPS) is 10.3. The molecule has 0 bridgehead atoms. The summed E-state index contributed by atoms with van der Waals surface area (Å²) in [5.41, 5.74) is 1.85. The van der Waals surface area contributed by atoms with E-state index < -0.39 is 0 Å². The van der Waals surface area contributed by atoms with E-state index in [4.69, 9.17) is 9.47 Å². The van der Waals surface area contributed by atoms with Crippen molar-refractivity contribution in [3.63, 3.8) is 0 Å². The third kappa shape index (κ3) is 5.49. The zero-order chi connectivity index (χ0) is 20.5. The molecule has 0 saturated carbocycles. The van der Waals surface area contributed by atoms with Crippen molar-refractivity contribution in [2.45, 2.75) is 26.3 Å². The van der Waals surface area contributed by atoms with E-state index in [1.54, 1.807) is 56.5 Å². The Bertz CT molecular complexity index is 820. The van der Waals surface area contributed by atoms with E-state index in [1.807, 2.05) is 12.1 Å². The van der Waals surface area contributed by atoms with Crippen molar-refractivity contribution in [1.82, 2.24) is 10.2 Å². The van der Waals surface area contributed by atoms with E-state index in [0.29, 0.717) is 35.7 Å². The average molecular weight is 384 g/mol. The molecule has 0 heterocycles. The number of carbonyl (C=O) groups excluding carboxylic acids is 2. The minimum absolute atomic E-state index is 0.0806. The Kier molecular flexibility index (Phi) is 7.87. The van der Waals surface area contributed by atoms with Gasteiger partial charge in [-0.1, -0.05) is 25.5 Å². The molecule has 2 aromatic rings. The van der Waals surface area contributed by atoms with E-state index in [1.165, 1.54) is 0 Å². The topological polar surface area (TPSA) is 67.9 Å². The fourth-order valence-electron chi connectivity index (χ4n) is 2.79. The van der Waals surface area contributed by atoms with Gasteiger partial charge in [-0.3, -0.25) is 9.59 Å². The summed E-state index contributed by atoms with van der Waals surface area (Å²) in [6.07, 6.45) is 1.98. The molecule has 0 atom stereocenters. The van der Waals surface area contributed by atoms with Gasteiger partial charge in [0.1, 0.15) is 0 Å². The zero-order valence-electron chi connectivity index (χ0n) is 17.0. The number of amides is 2. The Morgan fingerprint density at radius 1 is 1.00 bits per heavy atom. The van der Waals surface area contributed by atoms with Crippen LogP contribution in [0.15, 0.2) is 42.5 Å². The number of hydrogen-bond acceptors (Lipinski definition) is 4. The zero-order valence-corrected chi connectivity index (χ0v) is 17.0. The lowest BCUT2D eigenvalue weighted by Gasteiger charge is -2.17. The third-order valence-electron chi connectivity index (χ3n) is 4.47. The van der Waals surface area contributed by atoms with Crippen molar-refractivity contribution < 1.29 is 19.1 Å². The van der Waals surface area contributed by atoms with Gasteiger partial charge in [0.05, 0.1) is 14.2 Å². The molecule has 6 nitrogen and oxygen atoms in total. The first-order valence-electron chi connectivity index (χ1n) is 9.34. The Hall–Kier alpha value is -3.02. The van der Waals surface area contributed by atoms with Crippen molar-refractivity contribution in [3.05, 3.63) is 59.2 Å². The lowest BCUT2D eigenvalue weighted by Crippen LogP contribution is -2.28. The van der Waals surface area contributed by atoms with Crippen LogP contribution in [0.3, 0.4) is 0 Å². The predicted octanol–water partition coefficient (Wildman–Crippen LogP) is 3.51. The number of hydrogen-bond donors (Lipinski definition) is 1. The number of methoxy groups -OCH3 is 2. The first kappa shape index (κ1) is 21.3. The van der Waals surface area contributed by atoms with Crippen LogP contribution in [0, 0.1) is 0 Å². The van der Waals surface area contributed by atoms with Crippen molar-refractivity contribution in [2.75, 3.05) is 27.8 Å². The molecule has 0 aliphatic carbocycles. The molecule has 2 rings (SSSR count). The van der Waals surface area contributed by atoms with Gasteiger partial charge in [0.25, 0.3) is 11.8 Å². The third-order valence-corrected chi connectivity index (χ3v) is 4.47. The minimum atomic E-state index is -0.236. The van der Waals surface area contributed by atoms with Crippen molar-refractivity contribution in [3.8, 4) is 11.5 Å². The van der Waals surface area contributed by atoms with E-state index in [0.717, 1.165) is 18.4 Å². The molecule has 2 aromatic carbocycles. The number of rotatable bonds is 9. The highest BCUT2D eigenvalue weighted by molar-refractivity contribution is 5.99. The highest BCUT2D eigenvalue weighted by Crippen LogP contribution is 2.27. The second-order valence-corrected chi connectivity index (χ2v) is 6.53. The summed E-state index contributed by atoms with van der Waals surface area (Å²) in [6.45, 7) is 3.13. The largest absolute Gasteiger partial charge is 0.493 e. The van der Waals surface area contributed by atoms with E-state index in [2.05, 4.69) is 12.2 Å². The average Bonchev–Trinajstić information content (AvgIpc) is 2.74. The molecule has 28 heavy (non-hydrogen) atoms. The summed E-state index contributed by atoms with van der Waals surface area (Å²) in [5.74, 6) is 0.927. The van der Waals surface area contributed by atoms with Crippen LogP contribution in [0.25, 0.3) is 0 Å². The van der Waals surface area contributed by atoms with Gasteiger partial charge in [-0.2, -0.15) is 0 Å². The van der Waals surface area contributed by atoms with Gasteiger partial charge >= 0.3 is 0 Å². The summed E-state index contributed by atoms with van der Waals surface area (Å²) in [4.78, 5) is 26.7. The highest BCUT2D eigenvalue weighted by Gasteiger charge is 2.14. The summed E-state index contributed by atoms with van der Waals surface area (Å²) in [6, 6.07) is 12.3. The standard InChI is InChI=1S/C22H28N2O4/c1-5-6-12-24(2)22(26)18-9-7-8-17(14-18)21(25)23-15-16-10-11-19(27-3)20(13-16)28-4/h7-11,13-14H,5-6,12,15H2,1-4H3,(H,23,25). The first-order valence-corrected chi connectivity index (χ1v) is 9.34. The van der Waals surface area contributed by atoms with Gasteiger partial charge in [0.2, 0.25) is 0 Å². The van der Waals surface area contributed by atoms with Crippen molar-refractivity contribution in [1.29, 1.82) is 0 Å². The molecule has 0 unspecified atom stereocenters. The second-order valence-electron chi connectivity index (χ2n) is 6.53. The van der Waals surface area contributed by atoms with E-state index in [9.17, 15) is 9.59 Å². The monoisotopic (exact) mass is 384 g/mol. The summed E-state index contributed by atoms with van der Waals surface area (Å²) < 4.78 is 10.5. The summed E-state index contributed by atoms with van der Waals surface area (Å²) in [7, 11) is 4.93. The Balaban J connectivity index is 2.04. The fraction of sp³-hybridized carbons (Fsp3) is 0.364. The molecule has 150 valence electrons. The van der Waals surface area contributed by atoms with Crippen LogP contribution >= 0.6 is 0 Å². The van der Waals surface area contributed by atoms with Crippen molar-refractivity contribution >= 4 is 11.8 Å². The lowest BCUT2D eigenvalue weighted by molar-refractivity contribution is 0.0793. The van der Waals surface area contributed by atoms with Gasteiger partial charge in [0, 0.05) is 31.3 Å². The second kappa shape index (κ2) is 10.3. The Labute approximate surface area is 166 Å². The van der Waals surface area contributed by atoms with Crippen LogP contribution in [0.5, 0.6) is 11.5 Å². The Morgan fingerprint density at radius 2 is 1.71 bits per heavy atom.